The van der Waals surface area contributed by atoms with Gasteiger partial charge in [-0.2, -0.15) is 0 Å². The van der Waals surface area contributed by atoms with Crippen molar-refractivity contribution in [3.8, 4) is 0 Å². The summed E-state index contributed by atoms with van der Waals surface area (Å²) in [5, 5.41) is 0.665. The van der Waals surface area contributed by atoms with E-state index in [9.17, 15) is 9.59 Å². The summed E-state index contributed by atoms with van der Waals surface area (Å²) in [6.07, 6.45) is 0. The number of hydrogen-bond acceptors (Lipinski definition) is 4. The molecule has 0 spiro atoms. The quantitative estimate of drug-likeness (QED) is 0.575. The van der Waals surface area contributed by atoms with Gasteiger partial charge in [0.2, 0.25) is 0 Å². The third-order valence-corrected chi connectivity index (χ3v) is 2.50. The zero-order valence-electron chi connectivity index (χ0n) is 8.48. The van der Waals surface area contributed by atoms with Crippen molar-refractivity contribution in [2.45, 2.75) is 6.54 Å². The molecule has 5 heteroatoms. The summed E-state index contributed by atoms with van der Waals surface area (Å²) >= 11 is 5.76. The first-order valence-electron chi connectivity index (χ1n) is 4.84. The molecular weight excluding hydrogens is 230 g/mol. The van der Waals surface area contributed by atoms with Crippen molar-refractivity contribution in [3.63, 3.8) is 0 Å². The number of esters is 2. The Morgan fingerprint density at radius 1 is 1.12 bits per heavy atom. The van der Waals surface area contributed by atoms with Crippen LogP contribution in [0.5, 0.6) is 0 Å². The highest BCUT2D eigenvalue weighted by molar-refractivity contribution is 6.30. The van der Waals surface area contributed by atoms with Crippen LogP contribution in [-0.2, 0) is 20.9 Å². The van der Waals surface area contributed by atoms with Crippen molar-refractivity contribution in [1.29, 1.82) is 0 Å². The van der Waals surface area contributed by atoms with Gasteiger partial charge in [-0.1, -0.05) is 23.7 Å². The van der Waals surface area contributed by atoms with Crippen molar-refractivity contribution >= 4 is 23.5 Å². The van der Waals surface area contributed by atoms with Crippen LogP contribution < -0.4 is 0 Å². The Morgan fingerprint density at radius 3 is 2.25 bits per heavy atom. The Morgan fingerprint density at radius 2 is 1.69 bits per heavy atom. The lowest BCUT2D eigenvalue weighted by Crippen LogP contribution is -2.42. The summed E-state index contributed by atoms with van der Waals surface area (Å²) in [4.78, 5) is 23.8. The fraction of sp³-hybridized carbons (Fsp3) is 0.273. The number of rotatable bonds is 2. The SMILES string of the molecule is O=C1CN(Cc2ccc(Cl)cc2)CC(=O)O1. The van der Waals surface area contributed by atoms with Crippen LogP contribution in [0.3, 0.4) is 0 Å². The molecule has 1 aliphatic heterocycles. The Hall–Kier alpha value is -1.39. The molecule has 0 atom stereocenters. The molecule has 0 radical (unpaired) electrons. The van der Waals surface area contributed by atoms with E-state index in [1.807, 2.05) is 12.1 Å². The number of ether oxygens (including phenoxy) is 1. The number of carbonyl (C=O) groups is 2. The summed E-state index contributed by atoms with van der Waals surface area (Å²) in [5.74, 6) is -0.990. The third kappa shape index (κ3) is 2.81. The lowest BCUT2D eigenvalue weighted by molar-refractivity contribution is -0.167. The highest BCUT2D eigenvalue weighted by Gasteiger charge is 2.24. The molecule has 0 aliphatic carbocycles. The normalized spacial score (nSPS) is 17.3. The second kappa shape index (κ2) is 4.63. The van der Waals surface area contributed by atoms with Crippen LogP contribution in [0, 0.1) is 0 Å². The Balaban J connectivity index is 2.01. The standard InChI is InChI=1S/C11H10ClNO3/c12-9-3-1-8(2-4-9)5-13-6-10(14)16-11(15)7-13/h1-4H,5-7H2. The fourth-order valence-electron chi connectivity index (χ4n) is 1.57. The molecule has 84 valence electrons. The molecule has 16 heavy (non-hydrogen) atoms. The van der Waals surface area contributed by atoms with Crippen molar-refractivity contribution in [2.75, 3.05) is 13.1 Å². The van der Waals surface area contributed by atoms with Gasteiger partial charge in [0.15, 0.2) is 0 Å². The zero-order valence-corrected chi connectivity index (χ0v) is 9.24. The number of cyclic esters (lactones) is 2. The maximum atomic E-state index is 11.0. The number of hydrogen-bond donors (Lipinski definition) is 0. The molecule has 0 bridgehead atoms. The number of halogens is 1. The van der Waals surface area contributed by atoms with Gasteiger partial charge in [0.25, 0.3) is 0 Å². The Kier molecular flexibility index (Phi) is 3.22. The van der Waals surface area contributed by atoms with Crippen LogP contribution in [0.1, 0.15) is 5.56 Å². The van der Waals surface area contributed by atoms with Crippen molar-refractivity contribution in [2.24, 2.45) is 0 Å². The largest absolute Gasteiger partial charge is 0.391 e. The third-order valence-electron chi connectivity index (χ3n) is 2.25. The van der Waals surface area contributed by atoms with E-state index in [0.29, 0.717) is 11.6 Å². The van der Waals surface area contributed by atoms with Gasteiger partial charge >= 0.3 is 11.9 Å². The van der Waals surface area contributed by atoms with Gasteiger partial charge in [0.1, 0.15) is 0 Å². The molecule has 1 aliphatic rings. The monoisotopic (exact) mass is 239 g/mol. The molecular formula is C11H10ClNO3. The summed E-state index contributed by atoms with van der Waals surface area (Å²) in [5.41, 5.74) is 1.01. The number of benzene rings is 1. The average Bonchev–Trinajstić information content (AvgIpc) is 2.20. The maximum absolute atomic E-state index is 11.0. The molecule has 1 aromatic rings. The predicted molar refractivity (Wildman–Crippen MR) is 57.8 cm³/mol. The minimum atomic E-state index is -0.495. The van der Waals surface area contributed by atoms with Crippen molar-refractivity contribution in [3.05, 3.63) is 34.9 Å². The van der Waals surface area contributed by atoms with E-state index in [-0.39, 0.29) is 13.1 Å². The van der Waals surface area contributed by atoms with E-state index < -0.39 is 11.9 Å². The molecule has 0 saturated carbocycles. The van der Waals surface area contributed by atoms with Crippen LogP contribution >= 0.6 is 11.6 Å². The van der Waals surface area contributed by atoms with Gasteiger partial charge < -0.3 is 4.74 Å². The number of carbonyl (C=O) groups excluding carboxylic acids is 2. The van der Waals surface area contributed by atoms with E-state index >= 15 is 0 Å². The van der Waals surface area contributed by atoms with Crippen molar-refractivity contribution < 1.29 is 14.3 Å². The molecule has 1 fully saturated rings. The molecule has 0 unspecified atom stereocenters. The summed E-state index contributed by atoms with van der Waals surface area (Å²) < 4.78 is 4.43. The zero-order chi connectivity index (χ0) is 11.5. The first-order valence-corrected chi connectivity index (χ1v) is 5.21. The lowest BCUT2D eigenvalue weighted by Gasteiger charge is -2.23. The number of nitrogens with zero attached hydrogens (tertiary/aromatic N) is 1. The molecule has 0 N–H and O–H groups in total. The Bertz CT molecular complexity index is 400. The summed E-state index contributed by atoms with van der Waals surface area (Å²) in [6, 6.07) is 7.29. The van der Waals surface area contributed by atoms with E-state index in [2.05, 4.69) is 4.74 Å². The molecule has 2 rings (SSSR count). The second-order valence-corrected chi connectivity index (χ2v) is 4.05. The van der Waals surface area contributed by atoms with Gasteiger partial charge in [0.05, 0.1) is 13.1 Å². The average molecular weight is 240 g/mol. The van der Waals surface area contributed by atoms with E-state index in [4.69, 9.17) is 11.6 Å². The molecule has 1 heterocycles. The molecule has 4 nitrogen and oxygen atoms in total. The van der Waals surface area contributed by atoms with Crippen molar-refractivity contribution in [1.82, 2.24) is 4.90 Å². The maximum Gasteiger partial charge on any atom is 0.327 e. The smallest absolute Gasteiger partial charge is 0.327 e. The van der Waals surface area contributed by atoms with Crippen LogP contribution in [0.25, 0.3) is 0 Å². The minimum Gasteiger partial charge on any atom is -0.391 e. The van der Waals surface area contributed by atoms with Gasteiger partial charge in [-0.3, -0.25) is 14.5 Å². The number of morpholine rings is 1. The lowest BCUT2D eigenvalue weighted by atomic mass is 10.2. The first kappa shape index (κ1) is 11.1. The van der Waals surface area contributed by atoms with Crippen LogP contribution in [0.4, 0.5) is 0 Å². The van der Waals surface area contributed by atoms with E-state index in [1.165, 1.54) is 0 Å². The molecule has 1 aromatic carbocycles. The van der Waals surface area contributed by atoms with E-state index in [0.717, 1.165) is 5.56 Å². The molecule has 0 amide bonds. The van der Waals surface area contributed by atoms with Gasteiger partial charge in [-0.15, -0.1) is 0 Å². The molecule has 0 aromatic heterocycles. The first-order chi connectivity index (χ1) is 7.63. The van der Waals surface area contributed by atoms with Gasteiger partial charge in [-0.25, -0.2) is 0 Å². The predicted octanol–water partition coefficient (Wildman–Crippen LogP) is 1.23. The van der Waals surface area contributed by atoms with Gasteiger partial charge in [-0.05, 0) is 17.7 Å². The topological polar surface area (TPSA) is 46.6 Å². The fourth-order valence-corrected chi connectivity index (χ4v) is 1.70. The van der Waals surface area contributed by atoms with Crippen LogP contribution in [-0.4, -0.2) is 29.9 Å². The van der Waals surface area contributed by atoms with Gasteiger partial charge in [0, 0.05) is 11.6 Å². The second-order valence-electron chi connectivity index (χ2n) is 3.62. The Labute approximate surface area is 97.7 Å². The van der Waals surface area contributed by atoms with Crippen LogP contribution in [0.2, 0.25) is 5.02 Å². The van der Waals surface area contributed by atoms with Crippen LogP contribution in [0.15, 0.2) is 24.3 Å². The highest BCUT2D eigenvalue weighted by atomic mass is 35.5. The van der Waals surface area contributed by atoms with E-state index in [1.54, 1.807) is 17.0 Å². The highest BCUT2D eigenvalue weighted by Crippen LogP contribution is 2.12. The minimum absolute atomic E-state index is 0.147. The summed E-state index contributed by atoms with van der Waals surface area (Å²) in [6.45, 7) is 0.834. The summed E-state index contributed by atoms with van der Waals surface area (Å²) in [7, 11) is 0. The molecule has 1 saturated heterocycles.